The molecule has 5 nitrogen and oxygen atoms in total. The number of hydrogen-bond acceptors (Lipinski definition) is 4. The Morgan fingerprint density at radius 2 is 1.82 bits per heavy atom. The van der Waals surface area contributed by atoms with Crippen molar-refractivity contribution in [3.63, 3.8) is 0 Å². The van der Waals surface area contributed by atoms with E-state index in [9.17, 15) is 0 Å². The number of aromatic nitrogens is 2. The summed E-state index contributed by atoms with van der Waals surface area (Å²) in [5.74, 6) is 3.49. The number of imidazole rings is 1. The summed E-state index contributed by atoms with van der Waals surface area (Å²) in [4.78, 5) is 7.40. The van der Waals surface area contributed by atoms with Crippen LogP contribution in [0.2, 0.25) is 0 Å². The monoisotopic (exact) mass is 447 g/mol. The summed E-state index contributed by atoms with van der Waals surface area (Å²) in [5, 5.41) is 0. The molecule has 1 aliphatic heterocycles. The first-order valence-electron chi connectivity index (χ1n) is 12.3. The van der Waals surface area contributed by atoms with Gasteiger partial charge in [0, 0.05) is 25.2 Å². The van der Waals surface area contributed by atoms with Gasteiger partial charge in [-0.05, 0) is 49.4 Å². The lowest BCUT2D eigenvalue weighted by molar-refractivity contribution is 0.174. The first-order valence-corrected chi connectivity index (χ1v) is 12.3. The highest BCUT2D eigenvalue weighted by Crippen LogP contribution is 2.33. The van der Waals surface area contributed by atoms with Gasteiger partial charge < -0.3 is 14.0 Å². The van der Waals surface area contributed by atoms with Crippen molar-refractivity contribution in [2.24, 2.45) is 5.92 Å². The predicted molar refractivity (Wildman–Crippen MR) is 133 cm³/mol. The van der Waals surface area contributed by atoms with E-state index in [1.807, 2.05) is 6.07 Å². The fourth-order valence-corrected chi connectivity index (χ4v) is 4.38. The lowest BCUT2D eigenvalue weighted by Gasteiger charge is -2.24. The van der Waals surface area contributed by atoms with Crippen LogP contribution in [0.25, 0.3) is 11.4 Å². The Kier molecular flexibility index (Phi) is 8.05. The van der Waals surface area contributed by atoms with Crippen LogP contribution in [-0.2, 0) is 19.6 Å². The average molecular weight is 448 g/mol. The normalized spacial score (nSPS) is 12.8. The molecule has 33 heavy (non-hydrogen) atoms. The molecule has 2 aromatic carbocycles. The van der Waals surface area contributed by atoms with Crippen LogP contribution in [0.4, 0.5) is 0 Å². The van der Waals surface area contributed by atoms with E-state index in [1.54, 1.807) is 0 Å². The van der Waals surface area contributed by atoms with E-state index >= 15 is 0 Å². The van der Waals surface area contributed by atoms with Crippen molar-refractivity contribution in [1.29, 1.82) is 0 Å². The van der Waals surface area contributed by atoms with Gasteiger partial charge >= 0.3 is 0 Å². The zero-order valence-corrected chi connectivity index (χ0v) is 20.3. The molecule has 2 heterocycles. The van der Waals surface area contributed by atoms with Crippen LogP contribution < -0.4 is 9.47 Å². The van der Waals surface area contributed by atoms with Gasteiger partial charge in [0.1, 0.15) is 5.82 Å². The highest BCUT2D eigenvalue weighted by atomic mass is 16.7. The molecule has 0 aliphatic carbocycles. The van der Waals surface area contributed by atoms with E-state index in [-0.39, 0.29) is 0 Å². The minimum Gasteiger partial charge on any atom is -0.454 e. The second-order valence-electron chi connectivity index (χ2n) is 9.38. The van der Waals surface area contributed by atoms with Crippen LogP contribution in [0.15, 0.2) is 54.7 Å². The largest absolute Gasteiger partial charge is 0.454 e. The third-order valence-corrected chi connectivity index (χ3v) is 6.19. The summed E-state index contributed by atoms with van der Waals surface area (Å²) in [7, 11) is 0. The summed E-state index contributed by atoms with van der Waals surface area (Å²) in [6.07, 6.45) is 6.83. The molecular weight excluding hydrogens is 410 g/mol. The summed E-state index contributed by atoms with van der Waals surface area (Å²) in [6.45, 7) is 11.0. The Balaban J connectivity index is 1.56. The number of fused-ring (bicyclic) bond motifs is 1. The highest BCUT2D eigenvalue weighted by molar-refractivity contribution is 5.55. The molecule has 0 bridgehead atoms. The topological polar surface area (TPSA) is 39.5 Å². The molecule has 0 saturated heterocycles. The SMILES string of the molecule is CCCCn1c(CN(CCCC(C)C)Cc2ccc3c(c2)OCO3)cnc1-c1ccccc1. The number of nitrogens with zero attached hydrogens (tertiary/aromatic N) is 3. The van der Waals surface area contributed by atoms with Gasteiger partial charge in [0.05, 0.1) is 11.9 Å². The molecule has 0 atom stereocenters. The lowest BCUT2D eigenvalue weighted by Crippen LogP contribution is -2.26. The van der Waals surface area contributed by atoms with Gasteiger partial charge in [-0.15, -0.1) is 0 Å². The van der Waals surface area contributed by atoms with E-state index in [0.717, 1.165) is 55.8 Å². The van der Waals surface area contributed by atoms with Crippen molar-refractivity contribution in [2.45, 2.75) is 66.1 Å². The predicted octanol–water partition coefficient (Wildman–Crippen LogP) is 6.52. The maximum Gasteiger partial charge on any atom is 0.231 e. The smallest absolute Gasteiger partial charge is 0.231 e. The van der Waals surface area contributed by atoms with Crippen LogP contribution in [-0.4, -0.2) is 27.8 Å². The molecule has 0 spiro atoms. The van der Waals surface area contributed by atoms with Crippen LogP contribution in [0.5, 0.6) is 11.5 Å². The fourth-order valence-electron chi connectivity index (χ4n) is 4.38. The standard InChI is InChI=1S/C28H37N3O2/c1-4-5-16-31-25(18-29-28(31)24-11-7-6-8-12-24)20-30(15-9-10-22(2)3)19-23-13-14-26-27(17-23)33-21-32-26/h6-8,11-14,17-18,22H,4-5,9-10,15-16,19-21H2,1-3H3. The molecule has 0 saturated carbocycles. The fraction of sp³-hybridized carbons (Fsp3) is 0.464. The van der Waals surface area contributed by atoms with Gasteiger partial charge in [0.15, 0.2) is 11.5 Å². The third-order valence-electron chi connectivity index (χ3n) is 6.19. The van der Waals surface area contributed by atoms with Gasteiger partial charge in [-0.1, -0.05) is 63.6 Å². The Hall–Kier alpha value is -2.79. The van der Waals surface area contributed by atoms with E-state index in [2.05, 4.69) is 78.9 Å². The van der Waals surface area contributed by atoms with Crippen molar-refractivity contribution in [3.05, 3.63) is 66.0 Å². The van der Waals surface area contributed by atoms with Crippen molar-refractivity contribution < 1.29 is 9.47 Å². The van der Waals surface area contributed by atoms with Crippen LogP contribution >= 0.6 is 0 Å². The molecule has 0 N–H and O–H groups in total. The van der Waals surface area contributed by atoms with Gasteiger partial charge in [-0.2, -0.15) is 0 Å². The Morgan fingerprint density at radius 1 is 1.00 bits per heavy atom. The van der Waals surface area contributed by atoms with Crippen LogP contribution in [0, 0.1) is 5.92 Å². The zero-order chi connectivity index (χ0) is 23.0. The van der Waals surface area contributed by atoms with Crippen molar-refractivity contribution in [3.8, 4) is 22.9 Å². The molecule has 0 radical (unpaired) electrons. The lowest BCUT2D eigenvalue weighted by atomic mass is 10.1. The first kappa shape index (κ1) is 23.4. The Labute approximate surface area is 198 Å². The second kappa shape index (κ2) is 11.4. The molecule has 0 fully saturated rings. The van der Waals surface area contributed by atoms with Crippen molar-refractivity contribution in [2.75, 3.05) is 13.3 Å². The van der Waals surface area contributed by atoms with E-state index in [0.29, 0.717) is 6.79 Å². The van der Waals surface area contributed by atoms with E-state index < -0.39 is 0 Å². The maximum atomic E-state index is 5.61. The van der Waals surface area contributed by atoms with E-state index in [4.69, 9.17) is 14.5 Å². The highest BCUT2D eigenvalue weighted by Gasteiger charge is 2.18. The number of ether oxygens (including phenoxy) is 2. The number of unbranched alkanes of at least 4 members (excludes halogenated alkanes) is 1. The summed E-state index contributed by atoms with van der Waals surface area (Å²) >= 11 is 0. The molecule has 3 aromatic rings. The summed E-state index contributed by atoms with van der Waals surface area (Å²) < 4.78 is 13.5. The molecule has 176 valence electrons. The number of rotatable bonds is 12. The van der Waals surface area contributed by atoms with Gasteiger partial charge in [0.25, 0.3) is 0 Å². The molecule has 0 unspecified atom stereocenters. The summed E-state index contributed by atoms with van der Waals surface area (Å²) in [5.41, 5.74) is 3.72. The molecule has 4 rings (SSSR count). The van der Waals surface area contributed by atoms with Crippen LogP contribution in [0.3, 0.4) is 0 Å². The molecule has 1 aromatic heterocycles. The molecule has 5 heteroatoms. The Morgan fingerprint density at radius 3 is 2.61 bits per heavy atom. The van der Waals surface area contributed by atoms with E-state index in [1.165, 1.54) is 36.1 Å². The van der Waals surface area contributed by atoms with Gasteiger partial charge in [-0.25, -0.2) is 4.98 Å². The minimum atomic E-state index is 0.315. The quantitative estimate of drug-likeness (QED) is 0.317. The number of hydrogen-bond donors (Lipinski definition) is 0. The van der Waals surface area contributed by atoms with Gasteiger partial charge in [0.2, 0.25) is 6.79 Å². The third kappa shape index (κ3) is 6.17. The number of benzene rings is 2. The second-order valence-corrected chi connectivity index (χ2v) is 9.38. The van der Waals surface area contributed by atoms with Crippen molar-refractivity contribution in [1.82, 2.24) is 14.5 Å². The average Bonchev–Trinajstić information content (AvgIpc) is 3.44. The maximum absolute atomic E-state index is 5.61. The van der Waals surface area contributed by atoms with Crippen molar-refractivity contribution >= 4 is 0 Å². The first-order chi connectivity index (χ1) is 16.1. The minimum absolute atomic E-state index is 0.315. The van der Waals surface area contributed by atoms with Crippen LogP contribution in [0.1, 0.15) is 57.7 Å². The molecule has 1 aliphatic rings. The van der Waals surface area contributed by atoms with Gasteiger partial charge in [-0.3, -0.25) is 4.90 Å². The zero-order valence-electron chi connectivity index (χ0n) is 20.3. The molecular formula is C28H37N3O2. The Bertz CT molecular complexity index is 1010. The molecule has 0 amide bonds. The summed E-state index contributed by atoms with van der Waals surface area (Å²) in [6, 6.07) is 16.9.